The summed E-state index contributed by atoms with van der Waals surface area (Å²) in [5.41, 5.74) is 8.08. The molecule has 1 saturated heterocycles. The monoisotopic (exact) mass is 357 g/mol. The topological polar surface area (TPSA) is 87.9 Å². The van der Waals surface area contributed by atoms with Crippen LogP contribution in [-0.4, -0.2) is 45.6 Å². The zero-order valence-corrected chi connectivity index (χ0v) is 14.5. The van der Waals surface area contributed by atoms with Crippen molar-refractivity contribution in [1.82, 2.24) is 20.1 Å². The van der Waals surface area contributed by atoms with E-state index in [0.717, 1.165) is 24.2 Å². The minimum atomic E-state index is 0. The van der Waals surface area contributed by atoms with Crippen LogP contribution in [0, 0.1) is 5.41 Å². The summed E-state index contributed by atoms with van der Waals surface area (Å²) in [6.45, 7) is 4.16. The number of carbonyl (C=O) groups is 1. The zero-order valence-electron chi connectivity index (χ0n) is 12.9. The fourth-order valence-corrected chi connectivity index (χ4v) is 2.72. The van der Waals surface area contributed by atoms with Gasteiger partial charge in [-0.2, -0.15) is 5.10 Å². The predicted octanol–water partition coefficient (Wildman–Crippen LogP) is 2.13. The van der Waals surface area contributed by atoms with Gasteiger partial charge in [-0.1, -0.05) is 6.92 Å². The van der Waals surface area contributed by atoms with Crippen molar-refractivity contribution in [2.75, 3.05) is 19.6 Å². The summed E-state index contributed by atoms with van der Waals surface area (Å²) in [7, 11) is 0. The van der Waals surface area contributed by atoms with Crippen molar-refractivity contribution < 1.29 is 4.79 Å². The van der Waals surface area contributed by atoms with Gasteiger partial charge in [-0.3, -0.25) is 14.9 Å². The molecule has 2 aromatic heterocycles. The van der Waals surface area contributed by atoms with E-state index in [1.165, 1.54) is 0 Å². The first-order chi connectivity index (χ1) is 10.1. The van der Waals surface area contributed by atoms with E-state index >= 15 is 0 Å². The lowest BCUT2D eigenvalue weighted by Crippen LogP contribution is -2.34. The molecule has 1 aliphatic heterocycles. The number of carbonyl (C=O) groups excluding carboxylic acids is 1. The third-order valence-electron chi connectivity index (χ3n) is 4.18. The number of aromatic nitrogens is 3. The maximum absolute atomic E-state index is 12.7. The Kier molecular flexibility index (Phi) is 6.56. The van der Waals surface area contributed by atoms with Crippen LogP contribution in [0.5, 0.6) is 0 Å². The molecule has 1 amide bonds. The van der Waals surface area contributed by atoms with Crippen molar-refractivity contribution in [3.05, 3.63) is 36.3 Å². The molecule has 0 saturated carbocycles. The highest BCUT2D eigenvalue weighted by molar-refractivity contribution is 5.99. The summed E-state index contributed by atoms with van der Waals surface area (Å²) in [5.74, 6) is 0.00716. The fraction of sp³-hybridized carbons (Fsp3) is 0.400. The van der Waals surface area contributed by atoms with E-state index in [-0.39, 0.29) is 36.1 Å². The van der Waals surface area contributed by atoms with Crippen molar-refractivity contribution in [3.8, 4) is 11.3 Å². The molecule has 0 bridgehead atoms. The van der Waals surface area contributed by atoms with Crippen LogP contribution in [-0.2, 0) is 0 Å². The maximum atomic E-state index is 12.7. The first kappa shape index (κ1) is 19.4. The molecule has 23 heavy (non-hydrogen) atoms. The Hall–Kier alpha value is -1.63. The molecule has 3 rings (SSSR count). The molecule has 3 N–H and O–H groups in total. The van der Waals surface area contributed by atoms with Gasteiger partial charge in [0.25, 0.3) is 5.91 Å². The maximum Gasteiger partial charge on any atom is 0.257 e. The van der Waals surface area contributed by atoms with E-state index in [1.807, 2.05) is 17.0 Å². The van der Waals surface area contributed by atoms with Gasteiger partial charge in [0.15, 0.2) is 0 Å². The molecular weight excluding hydrogens is 337 g/mol. The van der Waals surface area contributed by atoms with Gasteiger partial charge >= 0.3 is 0 Å². The average Bonchev–Trinajstić information content (AvgIpc) is 3.15. The van der Waals surface area contributed by atoms with Gasteiger partial charge in [0.05, 0.1) is 17.5 Å². The van der Waals surface area contributed by atoms with Crippen LogP contribution < -0.4 is 5.73 Å². The van der Waals surface area contributed by atoms with Crippen LogP contribution in [0.15, 0.2) is 30.7 Å². The molecule has 1 unspecified atom stereocenters. The number of nitrogens with zero attached hydrogens (tertiary/aromatic N) is 3. The minimum Gasteiger partial charge on any atom is -0.338 e. The van der Waals surface area contributed by atoms with Gasteiger partial charge in [-0.25, -0.2) is 0 Å². The Morgan fingerprint density at radius 2 is 2.09 bits per heavy atom. The Balaban J connectivity index is 0.00000132. The zero-order chi connectivity index (χ0) is 14.9. The summed E-state index contributed by atoms with van der Waals surface area (Å²) in [6, 6.07) is 3.72. The molecule has 0 spiro atoms. The number of likely N-dealkylation sites (tertiary alicyclic amines) is 1. The van der Waals surface area contributed by atoms with Crippen molar-refractivity contribution in [3.63, 3.8) is 0 Å². The number of aromatic amines is 1. The number of rotatable bonds is 3. The number of hydrogen-bond donors (Lipinski definition) is 2. The molecule has 0 radical (unpaired) electrons. The molecule has 126 valence electrons. The number of amides is 1. The van der Waals surface area contributed by atoms with Crippen molar-refractivity contribution >= 4 is 30.7 Å². The Morgan fingerprint density at radius 3 is 2.70 bits per heavy atom. The molecule has 1 fully saturated rings. The molecular formula is C15H21Cl2N5O. The van der Waals surface area contributed by atoms with Crippen molar-refractivity contribution in [2.24, 2.45) is 11.1 Å². The summed E-state index contributed by atoms with van der Waals surface area (Å²) < 4.78 is 0. The lowest BCUT2D eigenvalue weighted by molar-refractivity contribution is 0.0777. The standard InChI is InChI=1S/C15H19N5O.2ClH/c1-15(9-16)4-7-20(10-15)14(21)12-8-18-19-13(12)11-2-5-17-6-3-11;;/h2-3,5-6,8H,4,7,9-10,16H2,1H3,(H,18,19);2*1H. The predicted molar refractivity (Wildman–Crippen MR) is 94.0 cm³/mol. The van der Waals surface area contributed by atoms with Gasteiger partial charge in [0.2, 0.25) is 0 Å². The van der Waals surface area contributed by atoms with Crippen LogP contribution in [0.2, 0.25) is 0 Å². The SMILES string of the molecule is CC1(CN)CCN(C(=O)c2cn[nH]c2-c2ccncc2)C1.Cl.Cl. The molecule has 6 nitrogen and oxygen atoms in total. The lowest BCUT2D eigenvalue weighted by atomic mass is 9.90. The van der Waals surface area contributed by atoms with Crippen LogP contribution in [0.25, 0.3) is 11.3 Å². The first-order valence-corrected chi connectivity index (χ1v) is 7.06. The molecule has 1 aliphatic rings. The lowest BCUT2D eigenvalue weighted by Gasteiger charge is -2.22. The summed E-state index contributed by atoms with van der Waals surface area (Å²) in [5, 5.41) is 6.94. The number of nitrogens with one attached hydrogen (secondary N) is 1. The highest BCUT2D eigenvalue weighted by Crippen LogP contribution is 2.31. The quantitative estimate of drug-likeness (QED) is 0.880. The highest BCUT2D eigenvalue weighted by Gasteiger charge is 2.36. The van der Waals surface area contributed by atoms with Gasteiger partial charge in [0.1, 0.15) is 0 Å². The largest absolute Gasteiger partial charge is 0.338 e. The van der Waals surface area contributed by atoms with E-state index in [2.05, 4.69) is 22.1 Å². The van der Waals surface area contributed by atoms with Gasteiger partial charge in [-0.15, -0.1) is 24.8 Å². The number of halogens is 2. The van der Waals surface area contributed by atoms with Crippen molar-refractivity contribution in [1.29, 1.82) is 0 Å². The molecule has 3 heterocycles. The van der Waals surface area contributed by atoms with Crippen molar-refractivity contribution in [2.45, 2.75) is 13.3 Å². The number of hydrogen-bond acceptors (Lipinski definition) is 4. The van der Waals surface area contributed by atoms with E-state index in [0.29, 0.717) is 18.7 Å². The Labute approximate surface area is 147 Å². The van der Waals surface area contributed by atoms with Gasteiger partial charge in [-0.05, 0) is 30.5 Å². The highest BCUT2D eigenvalue weighted by atomic mass is 35.5. The molecule has 0 aromatic carbocycles. The third kappa shape index (κ3) is 3.83. The van der Waals surface area contributed by atoms with Crippen LogP contribution in [0.1, 0.15) is 23.7 Å². The summed E-state index contributed by atoms with van der Waals surface area (Å²) >= 11 is 0. The second-order valence-electron chi connectivity index (χ2n) is 5.89. The fourth-order valence-electron chi connectivity index (χ4n) is 2.72. The van der Waals surface area contributed by atoms with Crippen LogP contribution >= 0.6 is 24.8 Å². The molecule has 2 aromatic rings. The normalized spacial score (nSPS) is 19.8. The smallest absolute Gasteiger partial charge is 0.257 e. The molecule has 0 aliphatic carbocycles. The second kappa shape index (κ2) is 7.77. The third-order valence-corrected chi connectivity index (χ3v) is 4.18. The number of pyridine rings is 1. The first-order valence-electron chi connectivity index (χ1n) is 7.06. The van der Waals surface area contributed by atoms with Gasteiger partial charge in [0, 0.05) is 31.0 Å². The molecule has 8 heteroatoms. The second-order valence-corrected chi connectivity index (χ2v) is 5.89. The summed E-state index contributed by atoms with van der Waals surface area (Å²) in [4.78, 5) is 18.6. The summed E-state index contributed by atoms with van der Waals surface area (Å²) in [6.07, 6.45) is 5.94. The molecule has 1 atom stereocenters. The van der Waals surface area contributed by atoms with E-state index in [4.69, 9.17) is 5.73 Å². The Morgan fingerprint density at radius 1 is 1.39 bits per heavy atom. The Bertz CT molecular complexity index is 648. The van der Waals surface area contributed by atoms with Crippen LogP contribution in [0.3, 0.4) is 0 Å². The van der Waals surface area contributed by atoms with E-state index < -0.39 is 0 Å². The van der Waals surface area contributed by atoms with E-state index in [9.17, 15) is 4.79 Å². The van der Waals surface area contributed by atoms with Gasteiger partial charge < -0.3 is 10.6 Å². The van der Waals surface area contributed by atoms with E-state index in [1.54, 1.807) is 18.6 Å². The minimum absolute atomic E-state index is 0. The number of H-pyrrole nitrogens is 1. The van der Waals surface area contributed by atoms with Crippen LogP contribution in [0.4, 0.5) is 0 Å². The average molecular weight is 358 g/mol. The number of nitrogens with two attached hydrogens (primary N) is 1.